The minimum absolute atomic E-state index is 0.103. The Morgan fingerprint density at radius 1 is 1.21 bits per heavy atom. The van der Waals surface area contributed by atoms with E-state index in [4.69, 9.17) is 4.74 Å². The van der Waals surface area contributed by atoms with Crippen molar-refractivity contribution in [3.8, 4) is 5.75 Å². The number of rotatable bonds is 9. The Labute approximate surface area is 203 Å². The number of ether oxygens (including phenoxy) is 1. The number of Topliss-reactive ketones (excluding diaryl/α,β-unsaturated/α-hetero) is 1. The Balaban J connectivity index is 2.06. The molecule has 1 fully saturated rings. The van der Waals surface area contributed by atoms with Crippen LogP contribution < -0.4 is 4.74 Å². The van der Waals surface area contributed by atoms with Gasteiger partial charge in [0, 0.05) is 16.6 Å². The number of aliphatic hydroxyl groups excluding tert-OH is 1. The number of benzene rings is 2. The minimum atomic E-state index is -0.671. The highest BCUT2D eigenvalue weighted by molar-refractivity contribution is 9.10. The fourth-order valence-corrected chi connectivity index (χ4v) is 4.19. The van der Waals surface area contributed by atoms with E-state index in [1.165, 1.54) is 0 Å². The smallest absolute Gasteiger partial charge is 0.295 e. The van der Waals surface area contributed by atoms with E-state index in [2.05, 4.69) is 22.5 Å². The molecule has 1 N–H and O–H groups in total. The van der Waals surface area contributed by atoms with Gasteiger partial charge in [-0.3, -0.25) is 9.59 Å². The summed E-state index contributed by atoms with van der Waals surface area (Å²) in [4.78, 5) is 29.7. The first-order valence-electron chi connectivity index (χ1n) is 10.8. The molecular weight excluding hydrogens is 484 g/mol. The van der Waals surface area contributed by atoms with Crippen molar-refractivity contribution in [3.05, 3.63) is 81.9 Å². The summed E-state index contributed by atoms with van der Waals surface area (Å²) in [6.45, 7) is 7.07. The standard InChI is InChI=1S/C26H29BrN2O4/c1-5-15-33-21-12-9-19(16-17(21)2)24(30)22-23(18-7-10-20(27)11-8-18)29(26(32)25(22)31)14-6-13-28(3)4/h5,7-12,16,23,30H,1,6,13-15H2,2-4H3/b24-22+. The number of ketones is 1. The van der Waals surface area contributed by atoms with Crippen molar-refractivity contribution in [1.29, 1.82) is 0 Å². The molecule has 1 amide bonds. The van der Waals surface area contributed by atoms with Crippen LogP contribution in [0, 0.1) is 6.92 Å². The molecule has 2 aromatic rings. The van der Waals surface area contributed by atoms with E-state index < -0.39 is 17.7 Å². The van der Waals surface area contributed by atoms with Crippen LogP contribution in [0.15, 0.2) is 65.2 Å². The molecule has 1 aliphatic rings. The summed E-state index contributed by atoms with van der Waals surface area (Å²) >= 11 is 3.43. The number of aryl methyl sites for hydroxylation is 1. The third-order valence-corrected chi connectivity index (χ3v) is 6.06. The van der Waals surface area contributed by atoms with E-state index in [1.54, 1.807) is 29.2 Å². The number of likely N-dealkylation sites (tertiary alicyclic amines) is 1. The predicted molar refractivity (Wildman–Crippen MR) is 133 cm³/mol. The molecule has 0 aliphatic carbocycles. The van der Waals surface area contributed by atoms with Crippen LogP contribution in [0.5, 0.6) is 5.75 Å². The van der Waals surface area contributed by atoms with E-state index >= 15 is 0 Å². The molecule has 1 saturated heterocycles. The van der Waals surface area contributed by atoms with Crippen LogP contribution in [-0.4, -0.2) is 60.4 Å². The van der Waals surface area contributed by atoms with Crippen LogP contribution in [0.1, 0.15) is 29.2 Å². The molecule has 1 aliphatic heterocycles. The van der Waals surface area contributed by atoms with E-state index in [0.29, 0.717) is 30.9 Å². The minimum Gasteiger partial charge on any atom is -0.507 e. The summed E-state index contributed by atoms with van der Waals surface area (Å²) in [5.41, 5.74) is 2.14. The monoisotopic (exact) mass is 512 g/mol. The van der Waals surface area contributed by atoms with E-state index in [0.717, 1.165) is 22.1 Å². The number of amides is 1. The number of carbonyl (C=O) groups excluding carboxylic acids is 2. The van der Waals surface area contributed by atoms with Gasteiger partial charge in [0.05, 0.1) is 11.6 Å². The lowest BCUT2D eigenvalue weighted by Gasteiger charge is -2.26. The third-order valence-electron chi connectivity index (χ3n) is 5.54. The van der Waals surface area contributed by atoms with Crippen molar-refractivity contribution in [2.75, 3.05) is 33.8 Å². The lowest BCUT2D eigenvalue weighted by molar-refractivity contribution is -0.139. The molecule has 0 saturated carbocycles. The van der Waals surface area contributed by atoms with Crippen LogP contribution in [0.2, 0.25) is 0 Å². The van der Waals surface area contributed by atoms with Crippen LogP contribution in [0.25, 0.3) is 5.76 Å². The second kappa shape index (κ2) is 10.8. The van der Waals surface area contributed by atoms with Gasteiger partial charge in [-0.2, -0.15) is 0 Å². The number of aliphatic hydroxyl groups is 1. The first-order valence-corrected chi connectivity index (χ1v) is 11.6. The number of halogens is 1. The topological polar surface area (TPSA) is 70.1 Å². The second-order valence-corrected chi connectivity index (χ2v) is 9.20. The highest BCUT2D eigenvalue weighted by atomic mass is 79.9. The fraction of sp³-hybridized carbons (Fsp3) is 0.308. The number of nitrogens with zero attached hydrogens (tertiary/aromatic N) is 2. The van der Waals surface area contributed by atoms with E-state index in [1.807, 2.05) is 50.2 Å². The van der Waals surface area contributed by atoms with Gasteiger partial charge >= 0.3 is 0 Å². The molecule has 1 unspecified atom stereocenters. The van der Waals surface area contributed by atoms with Crippen molar-refractivity contribution < 1.29 is 19.4 Å². The molecule has 0 radical (unpaired) electrons. The van der Waals surface area contributed by atoms with Crippen LogP contribution >= 0.6 is 15.9 Å². The maximum Gasteiger partial charge on any atom is 0.295 e. The molecule has 33 heavy (non-hydrogen) atoms. The average Bonchev–Trinajstić information content (AvgIpc) is 3.03. The quantitative estimate of drug-likeness (QED) is 0.228. The van der Waals surface area contributed by atoms with Crippen molar-refractivity contribution in [3.63, 3.8) is 0 Å². The van der Waals surface area contributed by atoms with Crippen molar-refractivity contribution >= 4 is 33.4 Å². The van der Waals surface area contributed by atoms with Gasteiger partial charge in [0.1, 0.15) is 18.1 Å². The van der Waals surface area contributed by atoms with Gasteiger partial charge in [-0.05, 0) is 75.4 Å². The lowest BCUT2D eigenvalue weighted by Crippen LogP contribution is -2.32. The van der Waals surface area contributed by atoms with Gasteiger partial charge in [0.25, 0.3) is 11.7 Å². The second-order valence-electron chi connectivity index (χ2n) is 8.28. The molecule has 174 valence electrons. The third kappa shape index (κ3) is 5.54. The first kappa shape index (κ1) is 24.7. The molecular formula is C26H29BrN2O4. The van der Waals surface area contributed by atoms with Gasteiger partial charge in [-0.25, -0.2) is 0 Å². The van der Waals surface area contributed by atoms with Crippen molar-refractivity contribution in [2.45, 2.75) is 19.4 Å². The molecule has 0 aromatic heterocycles. The SMILES string of the molecule is C=CCOc1ccc(/C(O)=C2\C(=O)C(=O)N(CCCN(C)C)C2c2ccc(Br)cc2)cc1C. The van der Waals surface area contributed by atoms with Gasteiger partial charge in [-0.1, -0.05) is 40.7 Å². The van der Waals surface area contributed by atoms with Crippen LogP contribution in [0.4, 0.5) is 0 Å². The molecule has 2 aromatic carbocycles. The maximum atomic E-state index is 13.1. The fourth-order valence-electron chi connectivity index (χ4n) is 3.92. The van der Waals surface area contributed by atoms with Crippen LogP contribution in [0.3, 0.4) is 0 Å². The highest BCUT2D eigenvalue weighted by Crippen LogP contribution is 2.40. The lowest BCUT2D eigenvalue weighted by atomic mass is 9.95. The van der Waals surface area contributed by atoms with Gasteiger partial charge in [0.2, 0.25) is 0 Å². The number of hydrogen-bond donors (Lipinski definition) is 1. The van der Waals surface area contributed by atoms with E-state index in [9.17, 15) is 14.7 Å². The largest absolute Gasteiger partial charge is 0.507 e. The molecule has 0 spiro atoms. The summed E-state index contributed by atoms with van der Waals surface area (Å²) in [6.07, 6.45) is 2.37. The summed E-state index contributed by atoms with van der Waals surface area (Å²) < 4.78 is 6.50. The average molecular weight is 513 g/mol. The number of hydrogen-bond acceptors (Lipinski definition) is 5. The molecule has 3 rings (SSSR count). The highest BCUT2D eigenvalue weighted by Gasteiger charge is 2.45. The van der Waals surface area contributed by atoms with Crippen molar-refractivity contribution in [1.82, 2.24) is 9.80 Å². The number of carbonyl (C=O) groups is 2. The van der Waals surface area contributed by atoms with Crippen LogP contribution in [-0.2, 0) is 9.59 Å². The van der Waals surface area contributed by atoms with E-state index in [-0.39, 0.29) is 11.3 Å². The van der Waals surface area contributed by atoms with Gasteiger partial charge in [-0.15, -0.1) is 0 Å². The summed E-state index contributed by atoms with van der Waals surface area (Å²) in [7, 11) is 3.93. The Hall–Kier alpha value is -2.90. The van der Waals surface area contributed by atoms with Gasteiger partial charge < -0.3 is 19.6 Å². The van der Waals surface area contributed by atoms with Crippen molar-refractivity contribution in [2.24, 2.45) is 0 Å². The molecule has 1 heterocycles. The Kier molecular flexibility index (Phi) is 8.10. The Bertz CT molecular complexity index is 1080. The first-order chi connectivity index (χ1) is 15.7. The zero-order chi connectivity index (χ0) is 24.1. The zero-order valence-electron chi connectivity index (χ0n) is 19.2. The Morgan fingerprint density at radius 3 is 2.52 bits per heavy atom. The molecule has 7 heteroatoms. The normalized spacial score (nSPS) is 17.6. The molecule has 0 bridgehead atoms. The summed E-state index contributed by atoms with van der Waals surface area (Å²) in [5, 5.41) is 11.2. The Morgan fingerprint density at radius 2 is 1.91 bits per heavy atom. The zero-order valence-corrected chi connectivity index (χ0v) is 20.8. The summed E-state index contributed by atoms with van der Waals surface area (Å²) in [6, 6.07) is 12.0. The molecule has 6 nitrogen and oxygen atoms in total. The predicted octanol–water partition coefficient (Wildman–Crippen LogP) is 4.70. The van der Waals surface area contributed by atoms with Gasteiger partial charge in [0.15, 0.2) is 0 Å². The molecule has 1 atom stereocenters. The summed E-state index contributed by atoms with van der Waals surface area (Å²) in [5.74, 6) is -0.782. The maximum absolute atomic E-state index is 13.1.